The van der Waals surface area contributed by atoms with E-state index in [1.54, 1.807) is 18.7 Å². The molecular weight excluding hydrogens is 268 g/mol. The highest BCUT2D eigenvalue weighted by molar-refractivity contribution is 5.45. The van der Waals surface area contributed by atoms with Crippen molar-refractivity contribution in [3.63, 3.8) is 0 Å². The lowest BCUT2D eigenvalue weighted by Gasteiger charge is -2.41. The fourth-order valence-corrected chi connectivity index (χ4v) is 3.79. The molecule has 6 nitrogen and oxygen atoms in total. The van der Waals surface area contributed by atoms with Crippen molar-refractivity contribution in [2.75, 3.05) is 12.0 Å². The molecule has 0 spiro atoms. The van der Waals surface area contributed by atoms with Crippen molar-refractivity contribution < 1.29 is 0 Å². The van der Waals surface area contributed by atoms with Crippen LogP contribution in [0.15, 0.2) is 9.59 Å². The Bertz CT molecular complexity index is 661. The number of aromatic nitrogens is 2. The largest absolute Gasteiger partial charge is 0.358 e. The van der Waals surface area contributed by atoms with Crippen molar-refractivity contribution in [3.05, 3.63) is 26.4 Å². The first-order chi connectivity index (χ1) is 10.0. The first-order valence-electron chi connectivity index (χ1n) is 7.77. The van der Waals surface area contributed by atoms with Gasteiger partial charge in [-0.25, -0.2) is 4.79 Å². The van der Waals surface area contributed by atoms with Crippen LogP contribution < -0.4 is 16.6 Å². The Morgan fingerprint density at radius 2 is 1.81 bits per heavy atom. The van der Waals surface area contributed by atoms with Crippen LogP contribution >= 0.6 is 0 Å². The molecule has 0 bridgehead atoms. The second-order valence-corrected chi connectivity index (χ2v) is 6.44. The van der Waals surface area contributed by atoms with Crippen LogP contribution in [0, 0.1) is 5.92 Å². The average molecular weight is 292 g/mol. The highest BCUT2D eigenvalue weighted by atomic mass is 16.2. The molecule has 3 rings (SSSR count). The van der Waals surface area contributed by atoms with Gasteiger partial charge in [-0.15, -0.1) is 0 Å². The molecule has 1 saturated carbocycles. The van der Waals surface area contributed by atoms with Crippen LogP contribution in [0.5, 0.6) is 0 Å². The van der Waals surface area contributed by atoms with Crippen molar-refractivity contribution in [2.45, 2.75) is 45.2 Å². The predicted molar refractivity (Wildman–Crippen MR) is 82.4 cm³/mol. The molecule has 116 valence electrons. The Morgan fingerprint density at radius 1 is 1.10 bits per heavy atom. The highest BCUT2D eigenvalue weighted by Gasteiger charge is 2.31. The van der Waals surface area contributed by atoms with Crippen LogP contribution in [0.2, 0.25) is 0 Å². The Hall–Kier alpha value is -1.56. The smallest absolute Gasteiger partial charge is 0.332 e. The molecule has 2 unspecified atom stereocenters. The second kappa shape index (κ2) is 5.33. The number of nitrogens with zero attached hydrogens (tertiary/aromatic N) is 3. The molecule has 0 radical (unpaired) electrons. The van der Waals surface area contributed by atoms with Gasteiger partial charge in [-0.1, -0.05) is 19.8 Å². The molecule has 1 N–H and O–H groups in total. The Labute approximate surface area is 124 Å². The quantitative estimate of drug-likeness (QED) is 0.833. The van der Waals surface area contributed by atoms with Gasteiger partial charge in [0.2, 0.25) is 0 Å². The third kappa shape index (κ3) is 2.31. The van der Waals surface area contributed by atoms with Gasteiger partial charge in [0.1, 0.15) is 5.82 Å². The summed E-state index contributed by atoms with van der Waals surface area (Å²) in [5.41, 5.74) is 0.267. The zero-order valence-corrected chi connectivity index (χ0v) is 13.1. The number of hydrogen-bond acceptors (Lipinski definition) is 4. The maximum absolute atomic E-state index is 12.4. The van der Waals surface area contributed by atoms with Gasteiger partial charge in [-0.3, -0.25) is 18.8 Å². The minimum absolute atomic E-state index is 0.172. The SMILES string of the molecule is CC1CCCCC1N1CNc2c(c(=O)n(C)c(=O)n2C)C1. The van der Waals surface area contributed by atoms with Crippen molar-refractivity contribution in [1.82, 2.24) is 14.0 Å². The molecule has 2 heterocycles. The van der Waals surface area contributed by atoms with Gasteiger partial charge in [0.05, 0.1) is 12.2 Å². The minimum Gasteiger partial charge on any atom is -0.358 e. The molecular formula is C15H24N4O2. The molecule has 1 aliphatic heterocycles. The van der Waals surface area contributed by atoms with E-state index in [2.05, 4.69) is 17.1 Å². The summed E-state index contributed by atoms with van der Waals surface area (Å²) in [6.45, 7) is 3.65. The Morgan fingerprint density at radius 3 is 2.52 bits per heavy atom. The number of fused-ring (bicyclic) bond motifs is 1. The van der Waals surface area contributed by atoms with Gasteiger partial charge in [-0.2, -0.15) is 0 Å². The lowest BCUT2D eigenvalue weighted by Crippen LogP contribution is -2.50. The van der Waals surface area contributed by atoms with E-state index in [0.29, 0.717) is 36.6 Å². The van der Waals surface area contributed by atoms with Crippen molar-refractivity contribution in [2.24, 2.45) is 20.0 Å². The van der Waals surface area contributed by atoms with E-state index in [4.69, 9.17) is 0 Å². The van der Waals surface area contributed by atoms with E-state index < -0.39 is 0 Å². The Kier molecular flexibility index (Phi) is 3.65. The average Bonchev–Trinajstić information content (AvgIpc) is 2.51. The van der Waals surface area contributed by atoms with E-state index in [-0.39, 0.29) is 11.2 Å². The summed E-state index contributed by atoms with van der Waals surface area (Å²) >= 11 is 0. The summed E-state index contributed by atoms with van der Waals surface area (Å²) < 4.78 is 2.74. The number of hydrogen-bond donors (Lipinski definition) is 1. The topological polar surface area (TPSA) is 59.3 Å². The minimum atomic E-state index is -0.272. The standard InChI is InChI=1S/C15H24N4O2/c1-10-6-4-5-7-12(10)19-8-11-13(16-9-19)17(2)15(21)18(3)14(11)20/h10,12,16H,4-9H2,1-3H3. The Balaban J connectivity index is 1.96. The van der Waals surface area contributed by atoms with Crippen LogP contribution in [0.25, 0.3) is 0 Å². The first kappa shape index (κ1) is 14.4. The third-order valence-corrected chi connectivity index (χ3v) is 5.10. The summed E-state index contributed by atoms with van der Waals surface area (Å²) in [5.74, 6) is 1.35. The molecule has 0 amide bonds. The molecule has 1 aliphatic carbocycles. The molecule has 2 aliphatic rings. The van der Waals surface area contributed by atoms with E-state index in [1.807, 2.05) is 0 Å². The number of anilines is 1. The van der Waals surface area contributed by atoms with Gasteiger partial charge in [0.25, 0.3) is 5.56 Å². The predicted octanol–water partition coefficient (Wildman–Crippen LogP) is 0.848. The van der Waals surface area contributed by atoms with Crippen LogP contribution in [0.4, 0.5) is 5.82 Å². The lowest BCUT2D eigenvalue weighted by atomic mass is 9.84. The van der Waals surface area contributed by atoms with Gasteiger partial charge in [-0.05, 0) is 18.8 Å². The van der Waals surface area contributed by atoms with Gasteiger partial charge >= 0.3 is 5.69 Å². The van der Waals surface area contributed by atoms with Crippen molar-refractivity contribution in [3.8, 4) is 0 Å². The van der Waals surface area contributed by atoms with E-state index in [1.165, 1.54) is 30.3 Å². The normalized spacial score (nSPS) is 26.2. The van der Waals surface area contributed by atoms with Crippen molar-refractivity contribution >= 4 is 5.82 Å². The van der Waals surface area contributed by atoms with E-state index in [9.17, 15) is 9.59 Å². The molecule has 1 aromatic heterocycles. The van der Waals surface area contributed by atoms with E-state index in [0.717, 1.165) is 0 Å². The molecule has 0 aromatic carbocycles. The summed E-state index contributed by atoms with van der Waals surface area (Å²) in [6.07, 6.45) is 5.04. The van der Waals surface area contributed by atoms with Crippen LogP contribution in [0.3, 0.4) is 0 Å². The first-order valence-corrected chi connectivity index (χ1v) is 7.77. The van der Waals surface area contributed by atoms with Gasteiger partial charge < -0.3 is 5.32 Å². The summed E-state index contributed by atoms with van der Waals surface area (Å²) in [4.78, 5) is 26.7. The molecule has 1 aromatic rings. The fourth-order valence-electron chi connectivity index (χ4n) is 3.79. The number of rotatable bonds is 1. The molecule has 0 saturated heterocycles. The zero-order chi connectivity index (χ0) is 15.1. The zero-order valence-electron chi connectivity index (χ0n) is 13.1. The molecule has 1 fully saturated rings. The number of nitrogens with one attached hydrogen (secondary N) is 1. The van der Waals surface area contributed by atoms with Crippen molar-refractivity contribution in [1.29, 1.82) is 0 Å². The maximum atomic E-state index is 12.4. The molecule has 6 heteroatoms. The lowest BCUT2D eigenvalue weighted by molar-refractivity contribution is 0.107. The summed E-state index contributed by atoms with van der Waals surface area (Å²) in [6, 6.07) is 0.529. The van der Waals surface area contributed by atoms with Gasteiger partial charge in [0.15, 0.2) is 0 Å². The summed E-state index contributed by atoms with van der Waals surface area (Å²) in [5, 5.41) is 3.28. The second-order valence-electron chi connectivity index (χ2n) is 6.44. The van der Waals surface area contributed by atoms with E-state index >= 15 is 0 Å². The van der Waals surface area contributed by atoms with Crippen LogP contribution in [-0.4, -0.2) is 26.7 Å². The molecule has 21 heavy (non-hydrogen) atoms. The van der Waals surface area contributed by atoms with Gasteiger partial charge in [0, 0.05) is 26.7 Å². The van der Waals surface area contributed by atoms with Crippen LogP contribution in [-0.2, 0) is 20.6 Å². The fraction of sp³-hybridized carbons (Fsp3) is 0.733. The third-order valence-electron chi connectivity index (χ3n) is 5.10. The molecule has 2 atom stereocenters. The summed E-state index contributed by atoms with van der Waals surface area (Å²) in [7, 11) is 3.26. The maximum Gasteiger partial charge on any atom is 0.332 e. The monoisotopic (exact) mass is 292 g/mol. The van der Waals surface area contributed by atoms with Crippen LogP contribution in [0.1, 0.15) is 38.2 Å². The highest BCUT2D eigenvalue weighted by Crippen LogP contribution is 2.30.